The summed E-state index contributed by atoms with van der Waals surface area (Å²) in [6.45, 7) is 16.4. The summed E-state index contributed by atoms with van der Waals surface area (Å²) in [7, 11) is 0. The van der Waals surface area contributed by atoms with Crippen LogP contribution in [0.3, 0.4) is 0 Å². The molecular weight excluding hydrogens is 290 g/mol. The SMILES string of the molecule is Cc1nn(C(C)C)c(C)c1CC(=O)N[C@@H]1CC(C)(C)OC1(C)C. The summed E-state index contributed by atoms with van der Waals surface area (Å²) in [5.41, 5.74) is 2.51. The molecule has 0 unspecified atom stereocenters. The van der Waals surface area contributed by atoms with Crippen LogP contribution in [0.2, 0.25) is 0 Å². The van der Waals surface area contributed by atoms with E-state index in [0.717, 1.165) is 23.4 Å². The first kappa shape index (κ1) is 18.0. The molecule has 5 heteroatoms. The van der Waals surface area contributed by atoms with Crippen molar-refractivity contribution in [2.24, 2.45) is 0 Å². The van der Waals surface area contributed by atoms with Crippen molar-refractivity contribution in [1.29, 1.82) is 0 Å². The summed E-state index contributed by atoms with van der Waals surface area (Å²) >= 11 is 0. The van der Waals surface area contributed by atoms with Gasteiger partial charge in [0.1, 0.15) is 0 Å². The maximum atomic E-state index is 12.5. The molecule has 0 bridgehead atoms. The lowest BCUT2D eigenvalue weighted by Crippen LogP contribution is -2.46. The number of amides is 1. The van der Waals surface area contributed by atoms with Crippen molar-refractivity contribution in [3.8, 4) is 0 Å². The van der Waals surface area contributed by atoms with E-state index in [0.29, 0.717) is 12.5 Å². The largest absolute Gasteiger partial charge is 0.367 e. The van der Waals surface area contributed by atoms with E-state index >= 15 is 0 Å². The fraction of sp³-hybridized carbons (Fsp3) is 0.778. The molecule has 1 atom stereocenters. The maximum Gasteiger partial charge on any atom is 0.224 e. The summed E-state index contributed by atoms with van der Waals surface area (Å²) < 4.78 is 8.04. The number of aryl methyl sites for hydroxylation is 1. The van der Waals surface area contributed by atoms with Crippen molar-refractivity contribution >= 4 is 5.91 Å². The number of rotatable bonds is 4. The van der Waals surface area contributed by atoms with E-state index in [-0.39, 0.29) is 23.2 Å². The van der Waals surface area contributed by atoms with Gasteiger partial charge >= 0.3 is 0 Å². The van der Waals surface area contributed by atoms with Crippen LogP contribution in [0, 0.1) is 13.8 Å². The Morgan fingerprint density at radius 1 is 1.35 bits per heavy atom. The smallest absolute Gasteiger partial charge is 0.224 e. The van der Waals surface area contributed by atoms with Gasteiger partial charge in [-0.1, -0.05) is 0 Å². The Balaban J connectivity index is 2.09. The average molecular weight is 321 g/mol. The molecule has 0 radical (unpaired) electrons. The van der Waals surface area contributed by atoms with E-state index in [2.05, 4.69) is 38.1 Å². The van der Waals surface area contributed by atoms with Crippen LogP contribution in [0.4, 0.5) is 0 Å². The zero-order valence-corrected chi connectivity index (χ0v) is 15.8. The average Bonchev–Trinajstić information content (AvgIpc) is 2.75. The highest BCUT2D eigenvalue weighted by Gasteiger charge is 2.46. The lowest BCUT2D eigenvalue weighted by Gasteiger charge is -2.27. The van der Waals surface area contributed by atoms with Crippen LogP contribution in [0.5, 0.6) is 0 Å². The predicted octanol–water partition coefficient (Wildman–Crippen LogP) is 3.09. The summed E-state index contributed by atoms with van der Waals surface area (Å²) in [6, 6.07) is 0.333. The van der Waals surface area contributed by atoms with E-state index in [1.54, 1.807) is 0 Å². The molecule has 1 amide bonds. The van der Waals surface area contributed by atoms with Gasteiger partial charge in [0, 0.05) is 17.3 Å². The highest BCUT2D eigenvalue weighted by Crippen LogP contribution is 2.37. The highest BCUT2D eigenvalue weighted by molar-refractivity contribution is 5.79. The van der Waals surface area contributed by atoms with Crippen LogP contribution in [0.1, 0.15) is 71.0 Å². The predicted molar refractivity (Wildman–Crippen MR) is 91.6 cm³/mol. The standard InChI is InChI=1S/C18H31N3O2/c1-11(2)21-13(4)14(12(3)20-21)9-16(22)19-15-10-17(5,6)23-18(15,7)8/h11,15H,9-10H2,1-8H3,(H,19,22)/t15-/m1/s1. The van der Waals surface area contributed by atoms with Gasteiger partial charge in [-0.2, -0.15) is 5.10 Å². The molecule has 0 spiro atoms. The molecule has 1 aromatic rings. The first-order valence-electron chi connectivity index (χ1n) is 8.47. The van der Waals surface area contributed by atoms with Gasteiger partial charge < -0.3 is 10.1 Å². The molecule has 5 nitrogen and oxygen atoms in total. The van der Waals surface area contributed by atoms with E-state index < -0.39 is 0 Å². The molecule has 1 N–H and O–H groups in total. The van der Waals surface area contributed by atoms with Gasteiger partial charge in [-0.3, -0.25) is 9.48 Å². The minimum absolute atomic E-state index is 0.0331. The van der Waals surface area contributed by atoms with Crippen LogP contribution in [0.25, 0.3) is 0 Å². The molecule has 1 aliphatic rings. The number of nitrogens with one attached hydrogen (secondary N) is 1. The van der Waals surface area contributed by atoms with Crippen molar-refractivity contribution < 1.29 is 9.53 Å². The van der Waals surface area contributed by atoms with Crippen molar-refractivity contribution in [1.82, 2.24) is 15.1 Å². The van der Waals surface area contributed by atoms with Gasteiger partial charge in [-0.15, -0.1) is 0 Å². The van der Waals surface area contributed by atoms with Crippen molar-refractivity contribution in [2.45, 2.75) is 91.5 Å². The van der Waals surface area contributed by atoms with Crippen LogP contribution < -0.4 is 5.32 Å². The molecule has 0 saturated carbocycles. The fourth-order valence-electron chi connectivity index (χ4n) is 3.65. The molecule has 2 heterocycles. The summed E-state index contributed by atoms with van der Waals surface area (Å²) in [5, 5.41) is 7.72. The van der Waals surface area contributed by atoms with E-state index in [1.807, 2.05) is 32.4 Å². The number of carbonyl (C=O) groups is 1. The van der Waals surface area contributed by atoms with E-state index in [4.69, 9.17) is 4.74 Å². The molecule has 0 aromatic carbocycles. The lowest BCUT2D eigenvalue weighted by molar-refractivity contribution is -0.123. The summed E-state index contributed by atoms with van der Waals surface area (Å²) in [4.78, 5) is 12.5. The Labute approximate surface area is 139 Å². The Morgan fingerprint density at radius 2 is 1.96 bits per heavy atom. The van der Waals surface area contributed by atoms with Crippen molar-refractivity contribution in [2.75, 3.05) is 0 Å². The topological polar surface area (TPSA) is 56.2 Å². The molecule has 130 valence electrons. The second-order valence-electron chi connectivity index (χ2n) is 8.15. The normalized spacial score (nSPS) is 22.6. The molecule has 0 aliphatic carbocycles. The Kier molecular flexibility index (Phi) is 4.64. The number of aromatic nitrogens is 2. The minimum Gasteiger partial charge on any atom is -0.367 e. The molecule has 1 saturated heterocycles. The van der Waals surface area contributed by atoms with Crippen molar-refractivity contribution in [3.63, 3.8) is 0 Å². The number of ether oxygens (including phenoxy) is 1. The molecule has 1 aromatic heterocycles. The number of carbonyl (C=O) groups excluding carboxylic acids is 1. The molecular formula is C18H31N3O2. The fourth-order valence-corrected chi connectivity index (χ4v) is 3.65. The number of hydrogen-bond donors (Lipinski definition) is 1. The number of nitrogens with zero attached hydrogens (tertiary/aromatic N) is 2. The number of hydrogen-bond acceptors (Lipinski definition) is 3. The Bertz CT molecular complexity index is 600. The van der Waals surface area contributed by atoms with Gasteiger partial charge in [-0.25, -0.2) is 0 Å². The molecule has 23 heavy (non-hydrogen) atoms. The molecule has 2 rings (SSSR count). The van der Waals surface area contributed by atoms with Gasteiger partial charge in [0.25, 0.3) is 0 Å². The van der Waals surface area contributed by atoms with Gasteiger partial charge in [0.05, 0.1) is 29.4 Å². The first-order valence-corrected chi connectivity index (χ1v) is 8.47. The van der Waals surface area contributed by atoms with Gasteiger partial charge in [0.2, 0.25) is 5.91 Å². The zero-order chi connectivity index (χ0) is 17.6. The van der Waals surface area contributed by atoms with Crippen LogP contribution >= 0.6 is 0 Å². The Hall–Kier alpha value is -1.36. The lowest BCUT2D eigenvalue weighted by atomic mass is 9.94. The third-order valence-corrected chi connectivity index (χ3v) is 4.71. The second kappa shape index (κ2) is 5.93. The minimum atomic E-state index is -0.342. The molecule has 1 aliphatic heterocycles. The molecule has 1 fully saturated rings. The van der Waals surface area contributed by atoms with Gasteiger partial charge in [0.15, 0.2) is 0 Å². The summed E-state index contributed by atoms with van der Waals surface area (Å²) in [5.74, 6) is 0.0406. The Morgan fingerprint density at radius 3 is 2.39 bits per heavy atom. The zero-order valence-electron chi connectivity index (χ0n) is 15.8. The summed E-state index contributed by atoms with van der Waals surface area (Å²) in [6.07, 6.45) is 1.20. The first-order chi connectivity index (χ1) is 10.4. The highest BCUT2D eigenvalue weighted by atomic mass is 16.5. The van der Waals surface area contributed by atoms with E-state index in [1.165, 1.54) is 0 Å². The second-order valence-corrected chi connectivity index (χ2v) is 8.15. The van der Waals surface area contributed by atoms with Crippen LogP contribution in [-0.2, 0) is 16.0 Å². The third kappa shape index (κ3) is 3.77. The monoisotopic (exact) mass is 321 g/mol. The third-order valence-electron chi connectivity index (χ3n) is 4.71. The van der Waals surface area contributed by atoms with Crippen molar-refractivity contribution in [3.05, 3.63) is 17.0 Å². The van der Waals surface area contributed by atoms with Gasteiger partial charge in [-0.05, 0) is 61.8 Å². The van der Waals surface area contributed by atoms with E-state index in [9.17, 15) is 4.79 Å². The quantitative estimate of drug-likeness (QED) is 0.927. The van der Waals surface area contributed by atoms with Crippen LogP contribution in [0.15, 0.2) is 0 Å². The maximum absolute atomic E-state index is 12.5. The van der Waals surface area contributed by atoms with Crippen LogP contribution in [-0.4, -0.2) is 32.9 Å².